The summed E-state index contributed by atoms with van der Waals surface area (Å²) in [7, 11) is 0. The smallest absolute Gasteiger partial charge is 0.123 e. The molecule has 0 N–H and O–H groups in total. The first kappa shape index (κ1) is 15.8. The van der Waals surface area contributed by atoms with E-state index in [1.807, 2.05) is 12.1 Å². The van der Waals surface area contributed by atoms with Crippen molar-refractivity contribution < 1.29 is 4.39 Å². The molecule has 4 aromatic rings. The molecule has 0 heterocycles. The highest BCUT2D eigenvalue weighted by Crippen LogP contribution is 2.45. The highest BCUT2D eigenvalue weighted by molar-refractivity contribution is 6.05. The largest absolute Gasteiger partial charge is 0.207 e. The normalized spacial score (nSPS) is 11.8. The lowest BCUT2D eigenvalue weighted by atomic mass is 9.91. The molecule has 0 atom stereocenters. The molecule has 0 saturated heterocycles. The van der Waals surface area contributed by atoms with Crippen molar-refractivity contribution in [2.45, 2.75) is 0 Å². The third kappa shape index (κ3) is 2.69. The Morgan fingerprint density at radius 3 is 1.26 bits per heavy atom. The molecule has 0 amide bonds. The fraction of sp³-hybridized carbons (Fsp3) is 0. The molecular weight excluding hydrogens is 331 g/mol. The fourth-order valence-electron chi connectivity index (χ4n) is 3.88. The molecule has 0 aliphatic heterocycles. The summed E-state index contributed by atoms with van der Waals surface area (Å²) in [5, 5.41) is 0. The Morgan fingerprint density at radius 1 is 0.444 bits per heavy atom. The molecule has 0 saturated carbocycles. The topological polar surface area (TPSA) is 0 Å². The van der Waals surface area contributed by atoms with Crippen molar-refractivity contribution in [1.29, 1.82) is 0 Å². The molecule has 128 valence electrons. The molecule has 0 bridgehead atoms. The van der Waals surface area contributed by atoms with E-state index in [0.717, 1.165) is 11.1 Å². The van der Waals surface area contributed by atoms with E-state index in [0.29, 0.717) is 0 Å². The minimum absolute atomic E-state index is 0.216. The van der Waals surface area contributed by atoms with Gasteiger partial charge in [-0.25, -0.2) is 4.39 Å². The van der Waals surface area contributed by atoms with E-state index in [1.54, 1.807) is 0 Å². The van der Waals surface area contributed by atoms with E-state index in [1.165, 1.54) is 45.5 Å². The summed E-state index contributed by atoms with van der Waals surface area (Å²) in [6.45, 7) is 0. The van der Waals surface area contributed by atoms with Gasteiger partial charge in [0.25, 0.3) is 0 Å². The number of hydrogen-bond donors (Lipinski definition) is 0. The van der Waals surface area contributed by atoms with Gasteiger partial charge in [-0.05, 0) is 62.7 Å². The Hall–Kier alpha value is -3.45. The lowest BCUT2D eigenvalue weighted by molar-refractivity contribution is 0.628. The van der Waals surface area contributed by atoms with Crippen LogP contribution in [0.25, 0.3) is 33.9 Å². The lowest BCUT2D eigenvalue weighted by Crippen LogP contribution is -1.90. The van der Waals surface area contributed by atoms with E-state index < -0.39 is 0 Å². The van der Waals surface area contributed by atoms with Gasteiger partial charge in [-0.15, -0.1) is 0 Å². The number of halogens is 1. The van der Waals surface area contributed by atoms with Gasteiger partial charge < -0.3 is 0 Å². The van der Waals surface area contributed by atoms with Crippen LogP contribution in [0, 0.1) is 5.82 Å². The van der Waals surface area contributed by atoms with Gasteiger partial charge in [0.05, 0.1) is 0 Å². The zero-order valence-electron chi connectivity index (χ0n) is 14.7. The monoisotopic (exact) mass is 348 g/mol. The van der Waals surface area contributed by atoms with Crippen LogP contribution in [0.4, 0.5) is 4.39 Å². The van der Waals surface area contributed by atoms with Gasteiger partial charge >= 0.3 is 0 Å². The van der Waals surface area contributed by atoms with E-state index in [2.05, 4.69) is 78.9 Å². The third-order valence-corrected chi connectivity index (χ3v) is 5.12. The van der Waals surface area contributed by atoms with E-state index in [-0.39, 0.29) is 5.82 Å². The minimum atomic E-state index is -0.216. The molecular formula is C26H17F. The molecule has 1 aliphatic rings. The second kappa shape index (κ2) is 6.37. The Morgan fingerprint density at radius 2 is 0.815 bits per heavy atom. The van der Waals surface area contributed by atoms with Crippen molar-refractivity contribution >= 4 is 11.6 Å². The highest BCUT2D eigenvalue weighted by Gasteiger charge is 2.21. The first-order valence-corrected chi connectivity index (χ1v) is 9.07. The standard InChI is InChI=1S/C26H17F/c27-19-15-13-18(14-16-19)17-26-24-11-5-3-9-22(24)20-7-1-2-8-21(20)23-10-4-6-12-25(23)26/h1-17H. The number of benzene rings is 4. The average Bonchev–Trinajstić information content (AvgIpc) is 2.84. The van der Waals surface area contributed by atoms with Gasteiger partial charge in [-0.2, -0.15) is 0 Å². The molecule has 0 fully saturated rings. The van der Waals surface area contributed by atoms with E-state index in [4.69, 9.17) is 0 Å². The maximum absolute atomic E-state index is 13.4. The molecule has 0 radical (unpaired) electrons. The molecule has 0 spiro atoms. The second-order valence-electron chi connectivity index (χ2n) is 6.75. The average molecular weight is 348 g/mol. The summed E-state index contributed by atoms with van der Waals surface area (Å²) in [6, 6.07) is 32.2. The third-order valence-electron chi connectivity index (χ3n) is 5.12. The van der Waals surface area contributed by atoms with Gasteiger partial charge in [0.2, 0.25) is 0 Å². The molecule has 27 heavy (non-hydrogen) atoms. The zero-order chi connectivity index (χ0) is 18.2. The Bertz CT molecular complexity index is 1100. The summed E-state index contributed by atoms with van der Waals surface area (Å²) >= 11 is 0. The maximum Gasteiger partial charge on any atom is 0.123 e. The summed E-state index contributed by atoms with van der Waals surface area (Å²) in [6.07, 6.45) is 2.16. The summed E-state index contributed by atoms with van der Waals surface area (Å²) in [4.78, 5) is 0. The molecule has 5 rings (SSSR count). The van der Waals surface area contributed by atoms with Crippen LogP contribution < -0.4 is 0 Å². The highest BCUT2D eigenvalue weighted by atomic mass is 19.1. The summed E-state index contributed by atoms with van der Waals surface area (Å²) in [5.74, 6) is -0.216. The summed E-state index contributed by atoms with van der Waals surface area (Å²) < 4.78 is 13.4. The van der Waals surface area contributed by atoms with Crippen LogP contribution in [0.1, 0.15) is 16.7 Å². The minimum Gasteiger partial charge on any atom is -0.207 e. The quantitative estimate of drug-likeness (QED) is 0.304. The zero-order valence-corrected chi connectivity index (χ0v) is 14.7. The number of fused-ring (bicyclic) bond motifs is 5. The Labute approximate surface area is 158 Å². The molecule has 4 aromatic carbocycles. The lowest BCUT2D eigenvalue weighted by Gasteiger charge is -2.12. The predicted octanol–water partition coefficient (Wildman–Crippen LogP) is 7.06. The van der Waals surface area contributed by atoms with Gasteiger partial charge in [0.15, 0.2) is 0 Å². The maximum atomic E-state index is 13.4. The van der Waals surface area contributed by atoms with Crippen molar-refractivity contribution in [3.05, 3.63) is 120 Å². The number of rotatable bonds is 1. The molecule has 1 heteroatoms. The van der Waals surface area contributed by atoms with Crippen LogP contribution in [0.5, 0.6) is 0 Å². The van der Waals surface area contributed by atoms with Crippen LogP contribution in [0.2, 0.25) is 0 Å². The van der Waals surface area contributed by atoms with E-state index in [9.17, 15) is 4.39 Å². The number of hydrogen-bond acceptors (Lipinski definition) is 0. The van der Waals surface area contributed by atoms with Gasteiger partial charge in [-0.1, -0.05) is 84.9 Å². The van der Waals surface area contributed by atoms with Gasteiger partial charge in [0.1, 0.15) is 5.82 Å². The van der Waals surface area contributed by atoms with Gasteiger partial charge in [-0.3, -0.25) is 0 Å². The van der Waals surface area contributed by atoms with Crippen LogP contribution in [-0.4, -0.2) is 0 Å². The molecule has 1 aliphatic carbocycles. The Kier molecular flexibility index (Phi) is 3.72. The van der Waals surface area contributed by atoms with Crippen molar-refractivity contribution in [1.82, 2.24) is 0 Å². The first-order valence-electron chi connectivity index (χ1n) is 9.07. The Balaban J connectivity index is 1.87. The SMILES string of the molecule is Fc1ccc(C=C2c3ccccc3-c3ccccc3-c3ccccc32)cc1. The predicted molar refractivity (Wildman–Crippen MR) is 111 cm³/mol. The van der Waals surface area contributed by atoms with Crippen LogP contribution in [0.15, 0.2) is 97.1 Å². The first-order chi connectivity index (χ1) is 13.3. The van der Waals surface area contributed by atoms with Crippen molar-refractivity contribution in [3.63, 3.8) is 0 Å². The van der Waals surface area contributed by atoms with Gasteiger partial charge in [0, 0.05) is 0 Å². The van der Waals surface area contributed by atoms with Crippen molar-refractivity contribution in [2.24, 2.45) is 0 Å². The molecule has 0 unspecified atom stereocenters. The van der Waals surface area contributed by atoms with E-state index >= 15 is 0 Å². The van der Waals surface area contributed by atoms with Crippen LogP contribution in [0.3, 0.4) is 0 Å². The van der Waals surface area contributed by atoms with Crippen LogP contribution >= 0.6 is 0 Å². The van der Waals surface area contributed by atoms with Crippen molar-refractivity contribution in [3.8, 4) is 22.3 Å². The fourth-order valence-corrected chi connectivity index (χ4v) is 3.88. The van der Waals surface area contributed by atoms with Crippen LogP contribution in [-0.2, 0) is 0 Å². The van der Waals surface area contributed by atoms with Crippen molar-refractivity contribution in [2.75, 3.05) is 0 Å². The second-order valence-corrected chi connectivity index (χ2v) is 6.75. The molecule has 0 aromatic heterocycles. The summed E-state index contributed by atoms with van der Waals surface area (Å²) in [5.41, 5.74) is 9.45. The molecule has 0 nitrogen and oxygen atoms in total.